The quantitative estimate of drug-likeness (QED) is 0.393. The van der Waals surface area contributed by atoms with Crippen LogP contribution in [0.5, 0.6) is 0 Å². The molecule has 0 aliphatic carbocycles. The highest BCUT2D eigenvalue weighted by Gasteiger charge is 2.42. The van der Waals surface area contributed by atoms with Crippen molar-refractivity contribution in [2.45, 2.75) is 51.6 Å². The molecule has 3 aromatic carbocycles. The zero-order valence-electron chi connectivity index (χ0n) is 20.5. The summed E-state index contributed by atoms with van der Waals surface area (Å²) in [6.45, 7) is 7.78. The van der Waals surface area contributed by atoms with Gasteiger partial charge in [-0.2, -0.15) is 0 Å². The smallest absolute Gasteiger partial charge is 0.366 e. The summed E-state index contributed by atoms with van der Waals surface area (Å²) in [5.74, 6) is -0.505. The van der Waals surface area contributed by atoms with Crippen molar-refractivity contribution in [1.82, 2.24) is 5.16 Å². The maximum absolute atomic E-state index is 13.6. The molecule has 0 aliphatic heterocycles. The number of carbonyl (C=O) groups is 1. The van der Waals surface area contributed by atoms with Crippen LogP contribution in [0.2, 0.25) is 0 Å². The minimum absolute atomic E-state index is 0.160. The number of hydrogen-bond acceptors (Lipinski definition) is 5. The van der Waals surface area contributed by atoms with Crippen LogP contribution in [0.1, 0.15) is 42.7 Å². The average molecular weight is 471 g/mol. The summed E-state index contributed by atoms with van der Waals surface area (Å²) in [5, 5.41) is 19.5. The molecular weight excluding hydrogens is 440 g/mol. The van der Waals surface area contributed by atoms with Crippen LogP contribution < -0.4 is 10.9 Å². The lowest BCUT2D eigenvalue weighted by atomic mass is 9.73. The normalized spacial score (nSPS) is 13.4. The molecule has 0 fully saturated rings. The maximum Gasteiger partial charge on any atom is 0.366 e. The second kappa shape index (κ2) is 9.47. The summed E-state index contributed by atoms with van der Waals surface area (Å²) in [5.41, 5.74) is 1.32. The average Bonchev–Trinajstić information content (AvgIpc) is 2.83. The molecule has 4 rings (SSSR count). The highest BCUT2D eigenvalue weighted by atomic mass is 16.5. The molecule has 0 aliphatic rings. The van der Waals surface area contributed by atoms with Crippen molar-refractivity contribution in [2.24, 2.45) is 0 Å². The third-order valence-corrected chi connectivity index (χ3v) is 6.48. The van der Waals surface area contributed by atoms with Crippen LogP contribution in [0.4, 0.5) is 5.69 Å². The summed E-state index contributed by atoms with van der Waals surface area (Å²) >= 11 is 0. The Kier molecular flexibility index (Phi) is 6.59. The standard InChI is InChI=1S/C29H30N2O4/c1-19-10-12-21(13-11-19)17-29(34,18-28(3,4)22-8-6-5-7-9-22)27(33)30-23-14-15-24-25(16-23)20(2)31-35-26(24)32/h5-16,34H,17-18H2,1-4H3,(H,30,33). The topological polar surface area (TPSA) is 92.4 Å². The number of aliphatic hydroxyl groups is 1. The first kappa shape index (κ1) is 24.4. The number of anilines is 1. The van der Waals surface area contributed by atoms with Gasteiger partial charge in [0.1, 0.15) is 5.60 Å². The van der Waals surface area contributed by atoms with Crippen LogP contribution in [0.15, 0.2) is 82.1 Å². The summed E-state index contributed by atoms with van der Waals surface area (Å²) in [6, 6.07) is 22.6. The van der Waals surface area contributed by atoms with Crippen molar-refractivity contribution in [1.29, 1.82) is 0 Å². The molecular formula is C29H30N2O4. The van der Waals surface area contributed by atoms with Crippen LogP contribution in [0, 0.1) is 13.8 Å². The maximum atomic E-state index is 13.6. The number of aryl methyl sites for hydroxylation is 2. The molecule has 6 nitrogen and oxygen atoms in total. The molecule has 6 heteroatoms. The molecule has 180 valence electrons. The summed E-state index contributed by atoms with van der Waals surface area (Å²) in [4.78, 5) is 25.6. The number of hydrogen-bond donors (Lipinski definition) is 2. The van der Waals surface area contributed by atoms with E-state index in [0.29, 0.717) is 22.2 Å². The second-order valence-electron chi connectivity index (χ2n) is 9.89. The molecule has 0 saturated heterocycles. The molecule has 1 unspecified atom stereocenters. The van der Waals surface area contributed by atoms with E-state index >= 15 is 0 Å². The molecule has 1 heterocycles. The number of carbonyl (C=O) groups excluding carboxylic acids is 1. The first-order valence-corrected chi connectivity index (χ1v) is 11.6. The molecule has 0 radical (unpaired) electrons. The fraction of sp³-hybridized carbons (Fsp3) is 0.276. The predicted octanol–water partition coefficient (Wildman–Crippen LogP) is 5.09. The van der Waals surface area contributed by atoms with E-state index < -0.39 is 22.5 Å². The van der Waals surface area contributed by atoms with Gasteiger partial charge in [-0.15, -0.1) is 0 Å². The monoisotopic (exact) mass is 470 g/mol. The minimum Gasteiger partial charge on any atom is -0.380 e. The molecule has 0 spiro atoms. The van der Waals surface area contributed by atoms with Crippen molar-refractivity contribution in [3.05, 3.63) is 106 Å². The lowest BCUT2D eigenvalue weighted by Crippen LogP contribution is -2.48. The van der Waals surface area contributed by atoms with Gasteiger partial charge in [0.2, 0.25) is 0 Å². The van der Waals surface area contributed by atoms with Crippen molar-refractivity contribution in [3.8, 4) is 0 Å². The third-order valence-electron chi connectivity index (χ3n) is 6.48. The van der Waals surface area contributed by atoms with E-state index in [9.17, 15) is 14.7 Å². The van der Waals surface area contributed by atoms with Crippen LogP contribution in [-0.2, 0) is 16.6 Å². The Hall–Kier alpha value is -3.77. The van der Waals surface area contributed by atoms with Crippen LogP contribution in [0.25, 0.3) is 10.8 Å². The van der Waals surface area contributed by atoms with Crippen molar-refractivity contribution in [3.63, 3.8) is 0 Å². The Bertz CT molecular complexity index is 1410. The number of nitrogens with zero attached hydrogens (tertiary/aromatic N) is 1. The number of nitrogens with one attached hydrogen (secondary N) is 1. The minimum atomic E-state index is -1.69. The van der Waals surface area contributed by atoms with E-state index in [1.54, 1.807) is 25.1 Å². The van der Waals surface area contributed by atoms with E-state index in [2.05, 4.69) is 10.5 Å². The molecule has 0 bridgehead atoms. The van der Waals surface area contributed by atoms with E-state index in [4.69, 9.17) is 4.52 Å². The zero-order chi connectivity index (χ0) is 25.2. The van der Waals surface area contributed by atoms with E-state index in [1.807, 2.05) is 75.4 Å². The Balaban J connectivity index is 1.69. The molecule has 0 saturated carbocycles. The van der Waals surface area contributed by atoms with Gasteiger partial charge in [-0.25, -0.2) is 4.79 Å². The van der Waals surface area contributed by atoms with Crippen LogP contribution >= 0.6 is 0 Å². The van der Waals surface area contributed by atoms with E-state index in [0.717, 1.165) is 16.7 Å². The van der Waals surface area contributed by atoms with Gasteiger partial charge in [-0.05, 0) is 55.0 Å². The Morgan fingerprint density at radius 1 is 0.971 bits per heavy atom. The molecule has 1 aromatic heterocycles. The summed E-state index contributed by atoms with van der Waals surface area (Å²) in [7, 11) is 0. The summed E-state index contributed by atoms with van der Waals surface area (Å²) < 4.78 is 4.79. The van der Waals surface area contributed by atoms with Gasteiger partial charge in [0.25, 0.3) is 5.91 Å². The molecule has 1 amide bonds. The highest BCUT2D eigenvalue weighted by molar-refractivity contribution is 5.99. The van der Waals surface area contributed by atoms with Crippen molar-refractivity contribution >= 4 is 22.4 Å². The third kappa shape index (κ3) is 5.33. The van der Waals surface area contributed by atoms with Crippen molar-refractivity contribution in [2.75, 3.05) is 5.32 Å². The van der Waals surface area contributed by atoms with Crippen LogP contribution in [-0.4, -0.2) is 21.8 Å². The fourth-order valence-corrected chi connectivity index (χ4v) is 4.54. The first-order valence-electron chi connectivity index (χ1n) is 11.6. The molecule has 2 N–H and O–H groups in total. The van der Waals surface area contributed by atoms with Gasteiger partial charge in [0, 0.05) is 17.5 Å². The van der Waals surface area contributed by atoms with E-state index in [1.165, 1.54) is 0 Å². The molecule has 35 heavy (non-hydrogen) atoms. The van der Waals surface area contributed by atoms with Gasteiger partial charge in [-0.3, -0.25) is 4.79 Å². The SMILES string of the molecule is Cc1ccc(CC(O)(CC(C)(C)c2ccccc2)C(=O)Nc2ccc3c(=O)onc(C)c3c2)cc1. The number of benzene rings is 3. The lowest BCUT2D eigenvalue weighted by Gasteiger charge is -2.36. The first-order chi connectivity index (χ1) is 16.6. The Morgan fingerprint density at radius 3 is 2.34 bits per heavy atom. The van der Waals surface area contributed by atoms with Gasteiger partial charge in [-0.1, -0.05) is 79.2 Å². The van der Waals surface area contributed by atoms with Gasteiger partial charge in [0.15, 0.2) is 0 Å². The summed E-state index contributed by atoms with van der Waals surface area (Å²) in [6.07, 6.45) is 0.370. The Labute approximate surface area is 204 Å². The van der Waals surface area contributed by atoms with Gasteiger partial charge >= 0.3 is 5.63 Å². The predicted molar refractivity (Wildman–Crippen MR) is 138 cm³/mol. The van der Waals surface area contributed by atoms with Gasteiger partial charge < -0.3 is 14.9 Å². The second-order valence-corrected chi connectivity index (χ2v) is 9.89. The largest absolute Gasteiger partial charge is 0.380 e. The fourth-order valence-electron chi connectivity index (χ4n) is 4.54. The number of aromatic nitrogens is 1. The van der Waals surface area contributed by atoms with Crippen LogP contribution in [0.3, 0.4) is 0 Å². The lowest BCUT2D eigenvalue weighted by molar-refractivity contribution is -0.136. The van der Waals surface area contributed by atoms with Gasteiger partial charge in [0.05, 0.1) is 11.1 Å². The molecule has 4 aromatic rings. The van der Waals surface area contributed by atoms with E-state index in [-0.39, 0.29) is 12.8 Å². The van der Waals surface area contributed by atoms with Crippen molar-refractivity contribution < 1.29 is 14.4 Å². The highest BCUT2D eigenvalue weighted by Crippen LogP contribution is 2.35. The number of fused-ring (bicyclic) bond motifs is 1. The Morgan fingerprint density at radius 2 is 1.66 bits per heavy atom. The number of amides is 1. The molecule has 1 atom stereocenters. The zero-order valence-corrected chi connectivity index (χ0v) is 20.5. The number of rotatable bonds is 7.